The number of hydrogen-bond donors (Lipinski definition) is 0. The summed E-state index contributed by atoms with van der Waals surface area (Å²) in [6.07, 6.45) is 0.691. The molecule has 1 aromatic rings. The van der Waals surface area contributed by atoms with Gasteiger partial charge in [0.05, 0.1) is 19.1 Å². The summed E-state index contributed by atoms with van der Waals surface area (Å²) in [6.45, 7) is 9.17. The van der Waals surface area contributed by atoms with Crippen LogP contribution >= 0.6 is 0 Å². The van der Waals surface area contributed by atoms with Crippen LogP contribution in [0.1, 0.15) is 26.3 Å². The first-order chi connectivity index (χ1) is 11.5. The Kier molecular flexibility index (Phi) is 6.91. The normalized spacial score (nSPS) is 16.5. The van der Waals surface area contributed by atoms with Gasteiger partial charge in [-0.05, 0) is 43.0 Å². The zero-order valence-electron chi connectivity index (χ0n) is 15.2. The van der Waals surface area contributed by atoms with Crippen LogP contribution in [0.25, 0.3) is 0 Å². The molecule has 1 amide bonds. The van der Waals surface area contributed by atoms with Crippen LogP contribution in [0.15, 0.2) is 18.2 Å². The van der Waals surface area contributed by atoms with Gasteiger partial charge in [-0.1, -0.05) is 13.8 Å². The Morgan fingerprint density at radius 2 is 2.21 bits per heavy atom. The minimum Gasteiger partial charge on any atom is -0.494 e. The van der Waals surface area contributed by atoms with Gasteiger partial charge in [-0.25, -0.2) is 0 Å². The van der Waals surface area contributed by atoms with E-state index in [0.717, 1.165) is 23.6 Å². The van der Waals surface area contributed by atoms with Gasteiger partial charge < -0.3 is 19.1 Å². The lowest BCUT2D eigenvalue weighted by molar-refractivity contribution is -0.138. The average molecular weight is 335 g/mol. The number of carbonyl (C=O) groups is 1. The van der Waals surface area contributed by atoms with E-state index in [0.29, 0.717) is 38.7 Å². The number of nitrogens with zero attached hydrogens (tertiary/aromatic N) is 1. The third-order valence-corrected chi connectivity index (χ3v) is 4.06. The Morgan fingerprint density at radius 1 is 1.42 bits per heavy atom. The van der Waals surface area contributed by atoms with E-state index < -0.39 is 0 Å². The van der Waals surface area contributed by atoms with Crippen molar-refractivity contribution in [3.8, 4) is 11.5 Å². The summed E-state index contributed by atoms with van der Waals surface area (Å²) in [4.78, 5) is 14.8. The lowest BCUT2D eigenvalue weighted by atomic mass is 9.95. The summed E-state index contributed by atoms with van der Waals surface area (Å²) >= 11 is 0. The summed E-state index contributed by atoms with van der Waals surface area (Å²) in [7, 11) is 1.66. The molecule has 0 aliphatic carbocycles. The molecule has 0 N–H and O–H groups in total. The number of methoxy groups -OCH3 is 1. The predicted octanol–water partition coefficient (Wildman–Crippen LogP) is 2.77. The molecular formula is C19H29NO4. The first-order valence-corrected chi connectivity index (χ1v) is 8.71. The maximum Gasteiger partial charge on any atom is 0.229 e. The topological polar surface area (TPSA) is 48.0 Å². The predicted molar refractivity (Wildman–Crippen MR) is 93.6 cm³/mol. The molecule has 2 rings (SSSR count). The number of rotatable bonds is 8. The Morgan fingerprint density at radius 3 is 2.88 bits per heavy atom. The molecule has 0 aromatic heterocycles. The SMILES string of the molecule is CCOc1ccc2c(c1)CC(C(=O)N(CCOC)CC(C)C)CO2. The number of ether oxygens (including phenoxy) is 3. The molecule has 0 fully saturated rings. The van der Waals surface area contributed by atoms with Crippen molar-refractivity contribution in [1.29, 1.82) is 0 Å². The van der Waals surface area contributed by atoms with E-state index in [1.807, 2.05) is 30.0 Å². The Bertz CT molecular complexity index is 544. The summed E-state index contributed by atoms with van der Waals surface area (Å²) in [6, 6.07) is 5.83. The zero-order chi connectivity index (χ0) is 17.5. The number of carbonyl (C=O) groups excluding carboxylic acids is 1. The summed E-state index contributed by atoms with van der Waals surface area (Å²) in [5, 5.41) is 0. The highest BCUT2D eigenvalue weighted by atomic mass is 16.5. The molecule has 0 radical (unpaired) electrons. The Labute approximate surface area is 144 Å². The van der Waals surface area contributed by atoms with Crippen LogP contribution in [0.3, 0.4) is 0 Å². The molecule has 0 saturated heterocycles. The molecule has 5 heteroatoms. The van der Waals surface area contributed by atoms with Gasteiger partial charge in [-0.15, -0.1) is 0 Å². The van der Waals surface area contributed by atoms with Crippen molar-refractivity contribution >= 4 is 5.91 Å². The average Bonchev–Trinajstić information content (AvgIpc) is 2.57. The van der Waals surface area contributed by atoms with E-state index >= 15 is 0 Å². The van der Waals surface area contributed by atoms with Gasteiger partial charge in [0.1, 0.15) is 18.1 Å². The van der Waals surface area contributed by atoms with Gasteiger partial charge in [0.2, 0.25) is 5.91 Å². The second-order valence-electron chi connectivity index (χ2n) is 6.59. The third-order valence-electron chi connectivity index (χ3n) is 4.06. The van der Waals surface area contributed by atoms with Gasteiger partial charge in [0, 0.05) is 20.2 Å². The molecule has 1 heterocycles. The lowest BCUT2D eigenvalue weighted by Crippen LogP contribution is -2.43. The minimum atomic E-state index is -0.148. The molecular weight excluding hydrogens is 306 g/mol. The Hall–Kier alpha value is -1.75. The largest absolute Gasteiger partial charge is 0.494 e. The van der Waals surface area contributed by atoms with Crippen molar-refractivity contribution in [1.82, 2.24) is 4.90 Å². The first kappa shape index (κ1) is 18.6. The second kappa shape index (κ2) is 8.92. The first-order valence-electron chi connectivity index (χ1n) is 8.71. The maximum absolute atomic E-state index is 12.9. The monoisotopic (exact) mass is 335 g/mol. The van der Waals surface area contributed by atoms with E-state index in [1.54, 1.807) is 7.11 Å². The fraction of sp³-hybridized carbons (Fsp3) is 0.632. The molecule has 1 unspecified atom stereocenters. The van der Waals surface area contributed by atoms with Crippen LogP contribution in [0.2, 0.25) is 0 Å². The summed E-state index contributed by atoms with van der Waals surface area (Å²) in [5.41, 5.74) is 1.04. The standard InChI is InChI=1S/C19H29NO4/c1-5-23-17-6-7-18-15(11-17)10-16(13-24-18)19(21)20(8-9-22-4)12-14(2)3/h6-7,11,14,16H,5,8-10,12-13H2,1-4H3. The molecule has 1 aliphatic rings. The zero-order valence-corrected chi connectivity index (χ0v) is 15.2. The summed E-state index contributed by atoms with van der Waals surface area (Å²) in [5.74, 6) is 2.10. The van der Waals surface area contributed by atoms with Crippen LogP contribution < -0.4 is 9.47 Å². The second-order valence-corrected chi connectivity index (χ2v) is 6.59. The quantitative estimate of drug-likeness (QED) is 0.733. The van der Waals surface area contributed by atoms with Crippen molar-refractivity contribution in [2.45, 2.75) is 27.2 Å². The number of amides is 1. The summed E-state index contributed by atoms with van der Waals surface area (Å²) < 4.78 is 16.5. The van der Waals surface area contributed by atoms with Crippen molar-refractivity contribution < 1.29 is 19.0 Å². The van der Waals surface area contributed by atoms with Gasteiger partial charge >= 0.3 is 0 Å². The molecule has 5 nitrogen and oxygen atoms in total. The van der Waals surface area contributed by atoms with Crippen LogP contribution in [0.4, 0.5) is 0 Å². The van der Waals surface area contributed by atoms with Crippen molar-refractivity contribution in [2.24, 2.45) is 11.8 Å². The fourth-order valence-electron chi connectivity index (χ4n) is 2.98. The highest BCUT2D eigenvalue weighted by Gasteiger charge is 2.30. The van der Waals surface area contributed by atoms with E-state index in [1.165, 1.54) is 0 Å². The maximum atomic E-state index is 12.9. The molecule has 1 aliphatic heterocycles. The molecule has 0 spiro atoms. The number of hydrogen-bond acceptors (Lipinski definition) is 4. The van der Waals surface area contributed by atoms with Crippen LogP contribution in [-0.2, 0) is 16.0 Å². The van der Waals surface area contributed by atoms with Crippen molar-refractivity contribution in [3.05, 3.63) is 23.8 Å². The molecule has 1 aromatic carbocycles. The van der Waals surface area contributed by atoms with E-state index in [2.05, 4.69) is 13.8 Å². The van der Waals surface area contributed by atoms with Gasteiger partial charge in [-0.2, -0.15) is 0 Å². The minimum absolute atomic E-state index is 0.146. The molecule has 0 saturated carbocycles. The van der Waals surface area contributed by atoms with E-state index in [9.17, 15) is 4.79 Å². The number of fused-ring (bicyclic) bond motifs is 1. The number of benzene rings is 1. The van der Waals surface area contributed by atoms with Gasteiger partial charge in [0.25, 0.3) is 0 Å². The Balaban J connectivity index is 2.08. The molecule has 24 heavy (non-hydrogen) atoms. The fourth-order valence-corrected chi connectivity index (χ4v) is 2.98. The molecule has 1 atom stereocenters. The highest BCUT2D eigenvalue weighted by Crippen LogP contribution is 2.31. The van der Waals surface area contributed by atoms with Gasteiger partial charge in [-0.3, -0.25) is 4.79 Å². The van der Waals surface area contributed by atoms with Crippen LogP contribution in [0.5, 0.6) is 11.5 Å². The molecule has 134 valence electrons. The lowest BCUT2D eigenvalue weighted by Gasteiger charge is -2.31. The van der Waals surface area contributed by atoms with Crippen LogP contribution in [0, 0.1) is 11.8 Å². The van der Waals surface area contributed by atoms with Crippen molar-refractivity contribution in [3.63, 3.8) is 0 Å². The highest BCUT2D eigenvalue weighted by molar-refractivity contribution is 5.80. The van der Waals surface area contributed by atoms with Crippen LogP contribution in [-0.4, -0.2) is 50.8 Å². The molecule has 0 bridgehead atoms. The van der Waals surface area contributed by atoms with E-state index in [-0.39, 0.29) is 11.8 Å². The smallest absolute Gasteiger partial charge is 0.229 e. The van der Waals surface area contributed by atoms with Crippen molar-refractivity contribution in [2.75, 3.05) is 40.0 Å². The van der Waals surface area contributed by atoms with E-state index in [4.69, 9.17) is 14.2 Å². The third kappa shape index (κ3) is 4.87. The van der Waals surface area contributed by atoms with Gasteiger partial charge in [0.15, 0.2) is 0 Å².